The van der Waals surface area contributed by atoms with E-state index in [-0.39, 0.29) is 6.10 Å². The second kappa shape index (κ2) is 5.41. The molecule has 1 atom stereocenters. The third-order valence-electron chi connectivity index (χ3n) is 2.48. The first-order valence-corrected chi connectivity index (χ1v) is 5.41. The Kier molecular flexibility index (Phi) is 4.44. The molecule has 0 aliphatic heterocycles. The predicted molar refractivity (Wildman–Crippen MR) is 52.0 cm³/mol. The molecular weight excluding hydrogens is 223 g/mol. The number of carbonyl (C=O) groups is 1. The standard InChI is InChI=1S/C10H16F3NO2/c1-7(6-10(11,12)13)14-9(15)16-8-4-2-3-5-8/h7-8H,2-6H2,1H3,(H,14,15)/t7-/m0/s1. The lowest BCUT2D eigenvalue weighted by atomic mass is 10.2. The summed E-state index contributed by atoms with van der Waals surface area (Å²) in [6.07, 6.45) is -2.54. The summed E-state index contributed by atoms with van der Waals surface area (Å²) in [4.78, 5) is 11.2. The van der Waals surface area contributed by atoms with Crippen LogP contribution in [0.25, 0.3) is 0 Å². The molecule has 1 aliphatic rings. The molecule has 1 N–H and O–H groups in total. The summed E-state index contributed by atoms with van der Waals surface area (Å²) >= 11 is 0. The summed E-state index contributed by atoms with van der Waals surface area (Å²) in [7, 11) is 0. The van der Waals surface area contributed by atoms with Crippen LogP contribution in [0.1, 0.15) is 39.0 Å². The van der Waals surface area contributed by atoms with Crippen LogP contribution in [0.3, 0.4) is 0 Å². The van der Waals surface area contributed by atoms with Crippen LogP contribution in [-0.4, -0.2) is 24.4 Å². The van der Waals surface area contributed by atoms with Crippen molar-refractivity contribution in [1.82, 2.24) is 5.32 Å². The molecule has 0 spiro atoms. The van der Waals surface area contributed by atoms with Crippen molar-refractivity contribution in [3.8, 4) is 0 Å². The molecule has 1 saturated carbocycles. The Labute approximate surface area is 92.3 Å². The van der Waals surface area contributed by atoms with Crippen molar-refractivity contribution < 1.29 is 22.7 Å². The fourth-order valence-electron chi connectivity index (χ4n) is 1.79. The van der Waals surface area contributed by atoms with Gasteiger partial charge in [0.05, 0.1) is 6.42 Å². The zero-order chi connectivity index (χ0) is 12.2. The molecule has 1 fully saturated rings. The van der Waals surface area contributed by atoms with Gasteiger partial charge in [-0.15, -0.1) is 0 Å². The van der Waals surface area contributed by atoms with Gasteiger partial charge in [-0.05, 0) is 32.6 Å². The van der Waals surface area contributed by atoms with E-state index < -0.39 is 24.7 Å². The van der Waals surface area contributed by atoms with Crippen molar-refractivity contribution in [3.63, 3.8) is 0 Å². The highest BCUT2D eigenvalue weighted by Crippen LogP contribution is 2.22. The Morgan fingerprint density at radius 3 is 2.50 bits per heavy atom. The zero-order valence-corrected chi connectivity index (χ0v) is 9.14. The average Bonchev–Trinajstić information content (AvgIpc) is 2.51. The number of amides is 1. The normalized spacial score (nSPS) is 19.5. The van der Waals surface area contributed by atoms with E-state index >= 15 is 0 Å². The van der Waals surface area contributed by atoms with Crippen LogP contribution in [0.2, 0.25) is 0 Å². The van der Waals surface area contributed by atoms with Gasteiger partial charge in [0.1, 0.15) is 6.10 Å². The van der Waals surface area contributed by atoms with E-state index in [2.05, 4.69) is 5.32 Å². The van der Waals surface area contributed by atoms with Crippen LogP contribution in [0.15, 0.2) is 0 Å². The Hall–Kier alpha value is -0.940. The maximum absolute atomic E-state index is 12.0. The average molecular weight is 239 g/mol. The molecule has 1 rings (SSSR count). The number of ether oxygens (including phenoxy) is 1. The lowest BCUT2D eigenvalue weighted by molar-refractivity contribution is -0.138. The van der Waals surface area contributed by atoms with E-state index in [0.29, 0.717) is 0 Å². The minimum absolute atomic E-state index is 0.127. The number of nitrogens with one attached hydrogen (secondary N) is 1. The zero-order valence-electron chi connectivity index (χ0n) is 9.14. The Morgan fingerprint density at radius 2 is 2.00 bits per heavy atom. The molecule has 16 heavy (non-hydrogen) atoms. The highest BCUT2D eigenvalue weighted by molar-refractivity contribution is 5.67. The van der Waals surface area contributed by atoms with Gasteiger partial charge in [0, 0.05) is 6.04 Å². The number of hydrogen-bond acceptors (Lipinski definition) is 2. The third-order valence-corrected chi connectivity index (χ3v) is 2.48. The Balaban J connectivity index is 2.22. The molecule has 1 amide bonds. The molecule has 0 heterocycles. The molecule has 0 unspecified atom stereocenters. The van der Waals surface area contributed by atoms with Crippen LogP contribution in [0, 0.1) is 0 Å². The van der Waals surface area contributed by atoms with E-state index in [1.54, 1.807) is 0 Å². The summed E-state index contributed by atoms with van der Waals surface area (Å²) in [6, 6.07) is -0.950. The van der Waals surface area contributed by atoms with Crippen molar-refractivity contribution in [1.29, 1.82) is 0 Å². The Morgan fingerprint density at radius 1 is 1.44 bits per heavy atom. The topological polar surface area (TPSA) is 38.3 Å². The largest absolute Gasteiger partial charge is 0.446 e. The summed E-state index contributed by atoms with van der Waals surface area (Å²) in [5.41, 5.74) is 0. The molecule has 0 aromatic carbocycles. The molecule has 0 saturated heterocycles. The highest BCUT2D eigenvalue weighted by Gasteiger charge is 2.31. The van der Waals surface area contributed by atoms with Gasteiger partial charge in [-0.25, -0.2) is 4.79 Å². The molecule has 94 valence electrons. The van der Waals surface area contributed by atoms with Crippen LogP contribution in [0.5, 0.6) is 0 Å². The van der Waals surface area contributed by atoms with Gasteiger partial charge in [-0.3, -0.25) is 0 Å². The van der Waals surface area contributed by atoms with Gasteiger partial charge in [0.2, 0.25) is 0 Å². The van der Waals surface area contributed by atoms with E-state index in [0.717, 1.165) is 25.7 Å². The quantitative estimate of drug-likeness (QED) is 0.822. The second-order valence-corrected chi connectivity index (χ2v) is 4.18. The van der Waals surface area contributed by atoms with Crippen molar-refractivity contribution in [2.24, 2.45) is 0 Å². The molecule has 0 aromatic heterocycles. The minimum atomic E-state index is -4.26. The smallest absolute Gasteiger partial charge is 0.407 e. The molecule has 6 heteroatoms. The summed E-state index contributed by atoms with van der Waals surface area (Å²) in [5.74, 6) is 0. The first-order chi connectivity index (χ1) is 7.37. The number of hydrogen-bond donors (Lipinski definition) is 1. The molecule has 3 nitrogen and oxygen atoms in total. The predicted octanol–water partition coefficient (Wildman–Crippen LogP) is 3.00. The molecule has 0 bridgehead atoms. The maximum Gasteiger partial charge on any atom is 0.407 e. The van der Waals surface area contributed by atoms with Crippen molar-refractivity contribution >= 4 is 6.09 Å². The van der Waals surface area contributed by atoms with Crippen molar-refractivity contribution in [2.45, 2.75) is 57.3 Å². The van der Waals surface area contributed by atoms with Gasteiger partial charge in [0.15, 0.2) is 0 Å². The molecule has 0 aromatic rings. The molecular formula is C10H16F3NO2. The van der Waals surface area contributed by atoms with Crippen molar-refractivity contribution in [3.05, 3.63) is 0 Å². The Bertz CT molecular complexity index is 237. The van der Waals surface area contributed by atoms with Crippen LogP contribution < -0.4 is 5.32 Å². The number of rotatable bonds is 3. The fourth-order valence-corrected chi connectivity index (χ4v) is 1.79. The summed E-state index contributed by atoms with van der Waals surface area (Å²) < 4.78 is 40.9. The molecule has 0 radical (unpaired) electrons. The second-order valence-electron chi connectivity index (χ2n) is 4.18. The first-order valence-electron chi connectivity index (χ1n) is 5.41. The highest BCUT2D eigenvalue weighted by atomic mass is 19.4. The lowest BCUT2D eigenvalue weighted by Crippen LogP contribution is -2.37. The number of alkyl halides is 3. The minimum Gasteiger partial charge on any atom is -0.446 e. The van der Waals surface area contributed by atoms with Gasteiger partial charge in [0.25, 0.3) is 0 Å². The van der Waals surface area contributed by atoms with Crippen LogP contribution in [-0.2, 0) is 4.74 Å². The van der Waals surface area contributed by atoms with E-state index in [1.807, 2.05) is 0 Å². The van der Waals surface area contributed by atoms with Gasteiger partial charge in [-0.1, -0.05) is 0 Å². The monoisotopic (exact) mass is 239 g/mol. The van der Waals surface area contributed by atoms with E-state index in [9.17, 15) is 18.0 Å². The maximum atomic E-state index is 12.0. The number of halogens is 3. The van der Waals surface area contributed by atoms with E-state index in [1.165, 1.54) is 6.92 Å². The SMILES string of the molecule is C[C@@H](CC(F)(F)F)NC(=O)OC1CCCC1. The molecule has 1 aliphatic carbocycles. The summed E-state index contributed by atoms with van der Waals surface area (Å²) in [6.45, 7) is 1.31. The lowest BCUT2D eigenvalue weighted by Gasteiger charge is -2.17. The van der Waals surface area contributed by atoms with Gasteiger partial charge in [-0.2, -0.15) is 13.2 Å². The summed E-state index contributed by atoms with van der Waals surface area (Å²) in [5, 5.41) is 2.18. The third kappa shape index (κ3) is 5.23. The van der Waals surface area contributed by atoms with Gasteiger partial charge >= 0.3 is 12.3 Å². The first kappa shape index (κ1) is 13.1. The number of alkyl carbamates (subject to hydrolysis) is 1. The van der Waals surface area contributed by atoms with Gasteiger partial charge < -0.3 is 10.1 Å². The number of carbonyl (C=O) groups excluding carboxylic acids is 1. The fraction of sp³-hybridized carbons (Fsp3) is 0.900. The van der Waals surface area contributed by atoms with E-state index in [4.69, 9.17) is 4.74 Å². The van der Waals surface area contributed by atoms with Crippen LogP contribution >= 0.6 is 0 Å². The van der Waals surface area contributed by atoms with Crippen LogP contribution in [0.4, 0.5) is 18.0 Å². The van der Waals surface area contributed by atoms with Crippen molar-refractivity contribution in [2.75, 3.05) is 0 Å².